The Labute approximate surface area is 112 Å². The number of aromatic nitrogens is 1. The predicted octanol–water partition coefficient (Wildman–Crippen LogP) is 3.05. The van der Waals surface area contributed by atoms with Gasteiger partial charge in [-0.2, -0.15) is 0 Å². The van der Waals surface area contributed by atoms with Crippen LogP contribution in [0.3, 0.4) is 0 Å². The summed E-state index contributed by atoms with van der Waals surface area (Å²) in [6, 6.07) is 2.71. The fraction of sp³-hybridized carbons (Fsp3) is 0.733. The van der Waals surface area contributed by atoms with Crippen molar-refractivity contribution in [1.29, 1.82) is 0 Å². The van der Waals surface area contributed by atoms with E-state index >= 15 is 0 Å². The van der Waals surface area contributed by atoms with E-state index in [2.05, 4.69) is 56.0 Å². The summed E-state index contributed by atoms with van der Waals surface area (Å²) in [7, 11) is 0. The van der Waals surface area contributed by atoms with Crippen molar-refractivity contribution in [2.45, 2.75) is 53.2 Å². The van der Waals surface area contributed by atoms with E-state index in [1.807, 2.05) is 0 Å². The minimum Gasteiger partial charge on any atom is -0.380 e. The molecule has 0 radical (unpaired) electrons. The Kier molecular flexibility index (Phi) is 7.06. The van der Waals surface area contributed by atoms with Gasteiger partial charge in [0, 0.05) is 38.1 Å². The van der Waals surface area contributed by atoms with Gasteiger partial charge in [-0.15, -0.1) is 0 Å². The molecule has 0 saturated carbocycles. The number of rotatable bonds is 9. The molecule has 1 rings (SSSR count). The molecular formula is C15H28N2O. The summed E-state index contributed by atoms with van der Waals surface area (Å²) in [5.74, 6) is 0.727. The maximum Gasteiger partial charge on any atom is 0.0645 e. The fourth-order valence-electron chi connectivity index (χ4n) is 1.65. The summed E-state index contributed by atoms with van der Waals surface area (Å²) in [5.41, 5.74) is 1.34. The molecule has 0 aromatic carbocycles. The summed E-state index contributed by atoms with van der Waals surface area (Å²) in [5, 5.41) is 3.42. The molecular weight excluding hydrogens is 224 g/mol. The SMILES string of the molecule is CC(C)CCOCCn1ccc(CNC(C)C)c1. The van der Waals surface area contributed by atoms with Gasteiger partial charge in [-0.25, -0.2) is 0 Å². The Bertz CT molecular complexity index is 318. The van der Waals surface area contributed by atoms with Gasteiger partial charge in [0.2, 0.25) is 0 Å². The third-order valence-corrected chi connectivity index (χ3v) is 2.86. The van der Waals surface area contributed by atoms with Gasteiger partial charge in [0.1, 0.15) is 0 Å². The van der Waals surface area contributed by atoms with Gasteiger partial charge in [-0.05, 0) is 24.0 Å². The standard InChI is InChI=1S/C15H28N2O/c1-13(2)6-9-18-10-8-17-7-5-15(12-17)11-16-14(3)4/h5,7,12-14,16H,6,8-11H2,1-4H3. The van der Waals surface area contributed by atoms with Crippen LogP contribution < -0.4 is 5.32 Å². The monoisotopic (exact) mass is 252 g/mol. The maximum atomic E-state index is 5.62. The minimum absolute atomic E-state index is 0.535. The summed E-state index contributed by atoms with van der Waals surface area (Å²) in [6.45, 7) is 12.4. The Morgan fingerprint density at radius 3 is 2.67 bits per heavy atom. The van der Waals surface area contributed by atoms with Gasteiger partial charge < -0.3 is 14.6 Å². The molecule has 0 aliphatic carbocycles. The number of nitrogens with one attached hydrogen (secondary N) is 1. The zero-order valence-electron chi connectivity index (χ0n) is 12.3. The largest absolute Gasteiger partial charge is 0.380 e. The second kappa shape index (κ2) is 8.33. The van der Waals surface area contributed by atoms with Crippen molar-refractivity contribution in [2.24, 2.45) is 5.92 Å². The quantitative estimate of drug-likeness (QED) is 0.684. The minimum atomic E-state index is 0.535. The van der Waals surface area contributed by atoms with E-state index in [1.54, 1.807) is 0 Å². The van der Waals surface area contributed by atoms with Crippen molar-refractivity contribution in [3.05, 3.63) is 24.0 Å². The van der Waals surface area contributed by atoms with Gasteiger partial charge >= 0.3 is 0 Å². The second-order valence-corrected chi connectivity index (χ2v) is 5.59. The number of hydrogen-bond acceptors (Lipinski definition) is 2. The summed E-state index contributed by atoms with van der Waals surface area (Å²) < 4.78 is 7.82. The predicted molar refractivity (Wildman–Crippen MR) is 76.7 cm³/mol. The first kappa shape index (κ1) is 15.3. The number of hydrogen-bond donors (Lipinski definition) is 1. The van der Waals surface area contributed by atoms with Crippen LogP contribution in [0, 0.1) is 5.92 Å². The zero-order chi connectivity index (χ0) is 13.4. The molecule has 3 heteroatoms. The third-order valence-electron chi connectivity index (χ3n) is 2.86. The lowest BCUT2D eigenvalue weighted by Crippen LogP contribution is -2.21. The van der Waals surface area contributed by atoms with E-state index in [4.69, 9.17) is 4.74 Å². The molecule has 0 bridgehead atoms. The molecule has 1 aromatic rings. The highest BCUT2D eigenvalue weighted by Gasteiger charge is 1.99. The van der Waals surface area contributed by atoms with E-state index in [1.165, 1.54) is 5.56 Å². The van der Waals surface area contributed by atoms with Gasteiger partial charge in [-0.3, -0.25) is 0 Å². The molecule has 0 atom stereocenters. The van der Waals surface area contributed by atoms with Crippen LogP contribution in [0.1, 0.15) is 39.7 Å². The van der Waals surface area contributed by atoms with Crippen LogP contribution in [0.5, 0.6) is 0 Å². The van der Waals surface area contributed by atoms with Gasteiger partial charge in [-0.1, -0.05) is 27.7 Å². The average molecular weight is 252 g/mol. The van der Waals surface area contributed by atoms with Crippen molar-refractivity contribution in [1.82, 2.24) is 9.88 Å². The van der Waals surface area contributed by atoms with Crippen LogP contribution in [0.15, 0.2) is 18.5 Å². The molecule has 1 aromatic heterocycles. The van der Waals surface area contributed by atoms with E-state index < -0.39 is 0 Å². The lowest BCUT2D eigenvalue weighted by atomic mass is 10.1. The second-order valence-electron chi connectivity index (χ2n) is 5.59. The number of ether oxygens (including phenoxy) is 1. The lowest BCUT2D eigenvalue weighted by Gasteiger charge is -2.07. The molecule has 0 unspecified atom stereocenters. The van der Waals surface area contributed by atoms with Gasteiger partial charge in [0.15, 0.2) is 0 Å². The molecule has 0 saturated heterocycles. The van der Waals surface area contributed by atoms with Crippen LogP contribution in [0.25, 0.3) is 0 Å². The smallest absolute Gasteiger partial charge is 0.0645 e. The van der Waals surface area contributed by atoms with E-state index in [-0.39, 0.29) is 0 Å². The molecule has 0 aliphatic heterocycles. The van der Waals surface area contributed by atoms with Crippen LogP contribution in [-0.2, 0) is 17.8 Å². The summed E-state index contributed by atoms with van der Waals surface area (Å²) >= 11 is 0. The number of nitrogens with zero attached hydrogens (tertiary/aromatic N) is 1. The molecule has 0 spiro atoms. The van der Waals surface area contributed by atoms with E-state index in [0.717, 1.165) is 38.6 Å². The zero-order valence-corrected chi connectivity index (χ0v) is 12.3. The fourth-order valence-corrected chi connectivity index (χ4v) is 1.65. The first-order chi connectivity index (χ1) is 8.58. The molecule has 18 heavy (non-hydrogen) atoms. The average Bonchev–Trinajstić information content (AvgIpc) is 2.73. The molecule has 1 heterocycles. The van der Waals surface area contributed by atoms with Crippen molar-refractivity contribution in [3.63, 3.8) is 0 Å². The van der Waals surface area contributed by atoms with Crippen LogP contribution in [0.2, 0.25) is 0 Å². The van der Waals surface area contributed by atoms with Crippen molar-refractivity contribution >= 4 is 0 Å². The van der Waals surface area contributed by atoms with Gasteiger partial charge in [0.05, 0.1) is 6.61 Å². The normalized spacial score (nSPS) is 11.7. The molecule has 0 fully saturated rings. The molecule has 104 valence electrons. The summed E-state index contributed by atoms with van der Waals surface area (Å²) in [6.07, 6.45) is 5.47. The van der Waals surface area contributed by atoms with Crippen molar-refractivity contribution < 1.29 is 4.74 Å². The first-order valence-electron chi connectivity index (χ1n) is 7.03. The summed E-state index contributed by atoms with van der Waals surface area (Å²) in [4.78, 5) is 0. The Hall–Kier alpha value is -0.800. The molecule has 1 N–H and O–H groups in total. The third kappa shape index (κ3) is 6.82. The highest BCUT2D eigenvalue weighted by molar-refractivity contribution is 5.09. The highest BCUT2D eigenvalue weighted by atomic mass is 16.5. The highest BCUT2D eigenvalue weighted by Crippen LogP contribution is 2.02. The Morgan fingerprint density at radius 2 is 2.00 bits per heavy atom. The maximum absolute atomic E-state index is 5.62. The Morgan fingerprint density at radius 1 is 1.22 bits per heavy atom. The molecule has 3 nitrogen and oxygen atoms in total. The Balaban J connectivity index is 2.15. The molecule has 0 amide bonds. The lowest BCUT2D eigenvalue weighted by molar-refractivity contribution is 0.116. The van der Waals surface area contributed by atoms with E-state index in [9.17, 15) is 0 Å². The topological polar surface area (TPSA) is 26.2 Å². The van der Waals surface area contributed by atoms with Crippen LogP contribution >= 0.6 is 0 Å². The van der Waals surface area contributed by atoms with E-state index in [0.29, 0.717) is 6.04 Å². The van der Waals surface area contributed by atoms with Crippen LogP contribution in [-0.4, -0.2) is 23.8 Å². The molecule has 0 aliphatic rings. The van der Waals surface area contributed by atoms with Crippen molar-refractivity contribution in [3.8, 4) is 0 Å². The van der Waals surface area contributed by atoms with Gasteiger partial charge in [0.25, 0.3) is 0 Å². The van der Waals surface area contributed by atoms with Crippen LogP contribution in [0.4, 0.5) is 0 Å². The first-order valence-corrected chi connectivity index (χ1v) is 7.03. The van der Waals surface area contributed by atoms with Crippen molar-refractivity contribution in [2.75, 3.05) is 13.2 Å².